The van der Waals surface area contributed by atoms with E-state index in [2.05, 4.69) is 11.4 Å². The maximum Gasteiger partial charge on any atom is 0.344 e. The summed E-state index contributed by atoms with van der Waals surface area (Å²) < 4.78 is 10.5. The van der Waals surface area contributed by atoms with Gasteiger partial charge in [0.05, 0.1) is 6.07 Å². The maximum absolute atomic E-state index is 11.9. The molecule has 0 bridgehead atoms. The highest BCUT2D eigenvalue weighted by Gasteiger charge is 2.43. The lowest BCUT2D eigenvalue weighted by Crippen LogP contribution is -2.48. The summed E-state index contributed by atoms with van der Waals surface area (Å²) in [5.74, 6) is -0.280. The van der Waals surface area contributed by atoms with Crippen molar-refractivity contribution in [1.29, 1.82) is 5.26 Å². The molecule has 1 N–H and O–H groups in total. The Bertz CT molecular complexity index is 696. The lowest BCUT2D eigenvalue weighted by Gasteiger charge is -2.22. The molecule has 1 aliphatic carbocycles. The number of rotatable bonds is 7. The van der Waals surface area contributed by atoms with Gasteiger partial charge < -0.3 is 14.8 Å². The van der Waals surface area contributed by atoms with Gasteiger partial charge in [-0.2, -0.15) is 5.26 Å². The summed E-state index contributed by atoms with van der Waals surface area (Å²) >= 11 is 0. The van der Waals surface area contributed by atoms with Crippen molar-refractivity contribution in [1.82, 2.24) is 5.32 Å². The van der Waals surface area contributed by atoms with E-state index in [4.69, 9.17) is 9.47 Å². The van der Waals surface area contributed by atoms with E-state index in [0.29, 0.717) is 5.75 Å². The minimum absolute atomic E-state index is 0.174. The molecule has 1 amide bonds. The van der Waals surface area contributed by atoms with Gasteiger partial charge in [0.2, 0.25) is 0 Å². The smallest absolute Gasteiger partial charge is 0.344 e. The summed E-state index contributed by atoms with van der Waals surface area (Å²) in [5, 5.41) is 11.9. The average molecular weight is 344 g/mol. The Labute approximate surface area is 148 Å². The van der Waals surface area contributed by atoms with Crippen LogP contribution >= 0.6 is 0 Å². The number of amides is 1. The van der Waals surface area contributed by atoms with Crippen LogP contribution in [0.15, 0.2) is 12.1 Å². The number of aryl methyl sites for hydroxylation is 3. The third-order valence-electron chi connectivity index (χ3n) is 4.33. The van der Waals surface area contributed by atoms with Crippen LogP contribution in [0, 0.1) is 38.0 Å². The number of carbonyl (C=O) groups is 2. The third kappa shape index (κ3) is 4.96. The topological polar surface area (TPSA) is 88.4 Å². The molecule has 0 spiro atoms. The van der Waals surface area contributed by atoms with Crippen molar-refractivity contribution < 1.29 is 19.1 Å². The van der Waals surface area contributed by atoms with E-state index in [9.17, 15) is 14.9 Å². The van der Waals surface area contributed by atoms with Gasteiger partial charge in [0.25, 0.3) is 5.91 Å². The van der Waals surface area contributed by atoms with Gasteiger partial charge in [-0.25, -0.2) is 4.79 Å². The second kappa shape index (κ2) is 7.56. The number of hydrogen-bond donors (Lipinski definition) is 1. The van der Waals surface area contributed by atoms with Gasteiger partial charge >= 0.3 is 5.97 Å². The monoisotopic (exact) mass is 344 g/mol. The van der Waals surface area contributed by atoms with Crippen LogP contribution in [0.5, 0.6) is 5.75 Å². The van der Waals surface area contributed by atoms with E-state index in [0.717, 1.165) is 29.5 Å². The molecule has 6 heteroatoms. The standard InChI is InChI=1S/C19H24N2O4/c1-12-7-13(2)18(14(3)8-12)25-10-17(23)24-9-16(22)21-19(4,11-20)15-5-6-15/h7-8,15H,5-6,9-10H2,1-4H3,(H,21,22)/t19-/m0/s1. The highest BCUT2D eigenvalue weighted by molar-refractivity contribution is 5.81. The number of hydrogen-bond acceptors (Lipinski definition) is 5. The molecule has 1 aliphatic rings. The molecule has 1 saturated carbocycles. The van der Waals surface area contributed by atoms with Crippen LogP contribution in [0.3, 0.4) is 0 Å². The van der Waals surface area contributed by atoms with Crippen molar-refractivity contribution in [3.8, 4) is 11.8 Å². The first-order valence-electron chi connectivity index (χ1n) is 8.33. The van der Waals surface area contributed by atoms with Crippen molar-refractivity contribution in [3.05, 3.63) is 28.8 Å². The van der Waals surface area contributed by atoms with E-state index < -0.39 is 24.0 Å². The number of nitrogens with zero attached hydrogens (tertiary/aromatic N) is 1. The minimum atomic E-state index is -0.893. The van der Waals surface area contributed by atoms with Crippen LogP contribution in [0.2, 0.25) is 0 Å². The minimum Gasteiger partial charge on any atom is -0.481 e. The fraction of sp³-hybridized carbons (Fsp3) is 0.526. The van der Waals surface area contributed by atoms with E-state index >= 15 is 0 Å². The molecule has 1 atom stereocenters. The van der Waals surface area contributed by atoms with E-state index in [-0.39, 0.29) is 12.5 Å². The van der Waals surface area contributed by atoms with E-state index in [1.165, 1.54) is 0 Å². The first-order valence-corrected chi connectivity index (χ1v) is 8.33. The maximum atomic E-state index is 11.9. The van der Waals surface area contributed by atoms with Crippen LogP contribution in [0.25, 0.3) is 0 Å². The van der Waals surface area contributed by atoms with Crippen LogP contribution < -0.4 is 10.1 Å². The fourth-order valence-electron chi connectivity index (χ4n) is 2.92. The first-order chi connectivity index (χ1) is 11.7. The fourth-order valence-corrected chi connectivity index (χ4v) is 2.92. The predicted molar refractivity (Wildman–Crippen MR) is 92.0 cm³/mol. The quantitative estimate of drug-likeness (QED) is 0.767. The highest BCUT2D eigenvalue weighted by Crippen LogP contribution is 2.39. The lowest BCUT2D eigenvalue weighted by atomic mass is 9.98. The number of nitriles is 1. The second-order valence-electron chi connectivity index (χ2n) is 6.81. The lowest BCUT2D eigenvalue weighted by molar-refractivity contribution is -0.150. The summed E-state index contributed by atoms with van der Waals surface area (Å²) in [6.07, 6.45) is 1.85. The molecule has 2 rings (SSSR count). The summed E-state index contributed by atoms with van der Waals surface area (Å²) in [4.78, 5) is 23.7. The van der Waals surface area contributed by atoms with Gasteiger partial charge in [-0.3, -0.25) is 4.79 Å². The van der Waals surface area contributed by atoms with Crippen molar-refractivity contribution in [2.24, 2.45) is 5.92 Å². The Hall–Kier alpha value is -2.55. The number of nitrogens with one attached hydrogen (secondary N) is 1. The number of ether oxygens (including phenoxy) is 2. The Morgan fingerprint density at radius 3 is 2.36 bits per heavy atom. The molecule has 0 aliphatic heterocycles. The van der Waals surface area contributed by atoms with Crippen LogP contribution in [-0.4, -0.2) is 30.6 Å². The van der Waals surface area contributed by atoms with Crippen LogP contribution in [0.4, 0.5) is 0 Å². The molecule has 0 radical (unpaired) electrons. The average Bonchev–Trinajstić information content (AvgIpc) is 3.37. The Morgan fingerprint density at radius 1 is 1.24 bits per heavy atom. The van der Waals surface area contributed by atoms with Gasteiger partial charge in [-0.15, -0.1) is 0 Å². The molecule has 0 aromatic heterocycles. The van der Waals surface area contributed by atoms with Crippen molar-refractivity contribution in [2.75, 3.05) is 13.2 Å². The molecule has 1 fully saturated rings. The SMILES string of the molecule is Cc1cc(C)c(OCC(=O)OCC(=O)N[C@@](C)(C#N)C2CC2)c(C)c1. The Morgan fingerprint density at radius 2 is 1.84 bits per heavy atom. The van der Waals surface area contributed by atoms with Crippen molar-refractivity contribution in [3.63, 3.8) is 0 Å². The zero-order valence-corrected chi connectivity index (χ0v) is 15.1. The summed E-state index contributed by atoms with van der Waals surface area (Å²) in [7, 11) is 0. The zero-order chi connectivity index (χ0) is 18.6. The predicted octanol–water partition coefficient (Wildman–Crippen LogP) is 2.34. The third-order valence-corrected chi connectivity index (χ3v) is 4.33. The number of carbonyl (C=O) groups excluding carboxylic acids is 2. The zero-order valence-electron chi connectivity index (χ0n) is 15.1. The van der Waals surface area contributed by atoms with Crippen molar-refractivity contribution >= 4 is 11.9 Å². The van der Waals surface area contributed by atoms with Crippen LogP contribution in [0.1, 0.15) is 36.5 Å². The summed E-state index contributed by atoms with van der Waals surface area (Å²) in [6, 6.07) is 6.07. The van der Waals surface area contributed by atoms with E-state index in [1.807, 2.05) is 32.9 Å². The molecule has 1 aromatic carbocycles. The molecular formula is C19H24N2O4. The molecule has 1 aromatic rings. The van der Waals surface area contributed by atoms with Gasteiger partial charge in [-0.05, 0) is 57.6 Å². The highest BCUT2D eigenvalue weighted by atomic mass is 16.6. The summed E-state index contributed by atoms with van der Waals surface area (Å²) in [6.45, 7) is 6.82. The van der Waals surface area contributed by atoms with Gasteiger partial charge in [0.1, 0.15) is 11.3 Å². The molecule has 134 valence electrons. The molecule has 0 saturated heterocycles. The van der Waals surface area contributed by atoms with E-state index in [1.54, 1.807) is 6.92 Å². The largest absolute Gasteiger partial charge is 0.481 e. The molecule has 25 heavy (non-hydrogen) atoms. The number of esters is 1. The Kier molecular flexibility index (Phi) is 5.68. The van der Waals surface area contributed by atoms with Gasteiger partial charge in [-0.1, -0.05) is 17.7 Å². The van der Waals surface area contributed by atoms with Crippen molar-refractivity contribution in [2.45, 2.75) is 46.1 Å². The number of benzene rings is 1. The van der Waals surface area contributed by atoms with Gasteiger partial charge in [0, 0.05) is 0 Å². The summed E-state index contributed by atoms with van der Waals surface area (Å²) in [5.41, 5.74) is 2.11. The normalized spacial score (nSPS) is 15.6. The second-order valence-corrected chi connectivity index (χ2v) is 6.81. The Balaban J connectivity index is 1.79. The van der Waals surface area contributed by atoms with Gasteiger partial charge in [0.15, 0.2) is 13.2 Å². The first kappa shape index (κ1) is 18.8. The molecule has 0 unspecified atom stereocenters. The molecular weight excluding hydrogens is 320 g/mol. The van der Waals surface area contributed by atoms with Crippen LogP contribution in [-0.2, 0) is 14.3 Å². The molecule has 6 nitrogen and oxygen atoms in total. The molecule has 0 heterocycles.